The molecule has 4 nitrogen and oxygen atoms in total. The molecule has 1 saturated heterocycles. The van der Waals surface area contributed by atoms with Crippen LogP contribution in [-0.4, -0.2) is 38.8 Å². The summed E-state index contributed by atoms with van der Waals surface area (Å²) in [5, 5.41) is 1.10. The van der Waals surface area contributed by atoms with Crippen molar-refractivity contribution in [2.45, 2.75) is 6.92 Å². The second kappa shape index (κ2) is 6.02. The maximum atomic E-state index is 11.6. The summed E-state index contributed by atoms with van der Waals surface area (Å²) in [4.78, 5) is 13.8. The fraction of sp³-hybridized carbons (Fsp3) is 0.294. The van der Waals surface area contributed by atoms with E-state index >= 15 is 0 Å². The zero-order chi connectivity index (χ0) is 15.8. The number of aryl methyl sites for hydroxylation is 1. The zero-order valence-corrected chi connectivity index (χ0v) is 14.5. The fourth-order valence-corrected chi connectivity index (χ4v) is 4.97. The first-order valence-corrected chi connectivity index (χ1v) is 9.95. The number of thiophene rings is 1. The van der Waals surface area contributed by atoms with Crippen molar-refractivity contribution in [2.75, 3.05) is 29.5 Å². The Bertz CT molecular complexity index is 866. The number of benzene rings is 1. The average molecular weight is 343 g/mol. The first kappa shape index (κ1) is 14.8. The van der Waals surface area contributed by atoms with Crippen LogP contribution < -0.4 is 4.90 Å². The smallest absolute Gasteiger partial charge is 0.141 e. The highest BCUT2D eigenvalue weighted by molar-refractivity contribution is 7.85. The van der Waals surface area contributed by atoms with E-state index in [1.54, 1.807) is 11.3 Å². The number of aromatic nitrogens is 2. The van der Waals surface area contributed by atoms with E-state index in [4.69, 9.17) is 0 Å². The Hall–Kier alpha value is -1.79. The number of fused-ring (bicyclic) bond motifs is 1. The third kappa shape index (κ3) is 2.88. The van der Waals surface area contributed by atoms with Crippen LogP contribution in [0.25, 0.3) is 20.7 Å². The SMILES string of the molecule is Cc1nc(N2CCS(=O)CC2)c2cc(-c3ccccc3)sc2n1. The molecule has 1 aromatic carbocycles. The van der Waals surface area contributed by atoms with E-state index in [1.165, 1.54) is 10.4 Å². The van der Waals surface area contributed by atoms with Crippen LogP contribution in [0.15, 0.2) is 36.4 Å². The van der Waals surface area contributed by atoms with E-state index in [2.05, 4.69) is 45.2 Å². The molecular formula is C17H17N3OS2. The molecule has 6 heteroatoms. The molecule has 118 valence electrons. The molecular weight excluding hydrogens is 326 g/mol. The van der Waals surface area contributed by atoms with Crippen LogP contribution in [0.4, 0.5) is 5.82 Å². The van der Waals surface area contributed by atoms with Crippen LogP contribution in [0.5, 0.6) is 0 Å². The largest absolute Gasteiger partial charge is 0.354 e. The summed E-state index contributed by atoms with van der Waals surface area (Å²) in [6.07, 6.45) is 0. The highest BCUT2D eigenvalue weighted by Crippen LogP contribution is 2.36. The quantitative estimate of drug-likeness (QED) is 0.717. The topological polar surface area (TPSA) is 46.1 Å². The first-order chi connectivity index (χ1) is 11.2. The second-order valence-corrected chi connectivity index (χ2v) is 8.35. The van der Waals surface area contributed by atoms with Gasteiger partial charge in [0.1, 0.15) is 16.5 Å². The summed E-state index contributed by atoms with van der Waals surface area (Å²) in [6.45, 7) is 3.54. The van der Waals surface area contributed by atoms with Gasteiger partial charge in [-0.05, 0) is 18.6 Å². The molecule has 1 aliphatic rings. The highest BCUT2D eigenvalue weighted by atomic mass is 32.2. The van der Waals surface area contributed by atoms with Crippen LogP contribution in [0.1, 0.15) is 5.82 Å². The highest BCUT2D eigenvalue weighted by Gasteiger charge is 2.21. The van der Waals surface area contributed by atoms with Gasteiger partial charge in [-0.3, -0.25) is 4.21 Å². The lowest BCUT2D eigenvalue weighted by molar-refractivity contribution is 0.672. The first-order valence-electron chi connectivity index (χ1n) is 7.64. The molecule has 0 unspecified atom stereocenters. The average Bonchev–Trinajstić information content (AvgIpc) is 2.99. The lowest BCUT2D eigenvalue weighted by Crippen LogP contribution is -2.38. The summed E-state index contributed by atoms with van der Waals surface area (Å²) in [5.74, 6) is 3.23. The van der Waals surface area contributed by atoms with Crippen molar-refractivity contribution in [3.63, 3.8) is 0 Å². The molecule has 1 fully saturated rings. The van der Waals surface area contributed by atoms with Crippen molar-refractivity contribution in [3.05, 3.63) is 42.2 Å². The summed E-state index contributed by atoms with van der Waals surface area (Å²) in [7, 11) is -0.681. The van der Waals surface area contributed by atoms with Gasteiger partial charge >= 0.3 is 0 Å². The van der Waals surface area contributed by atoms with Crippen LogP contribution in [-0.2, 0) is 10.8 Å². The van der Waals surface area contributed by atoms with Crippen molar-refractivity contribution >= 4 is 38.2 Å². The van der Waals surface area contributed by atoms with Gasteiger partial charge in [-0.15, -0.1) is 11.3 Å². The Morgan fingerprint density at radius 3 is 2.61 bits per heavy atom. The summed E-state index contributed by atoms with van der Waals surface area (Å²) >= 11 is 1.71. The Kier molecular flexibility index (Phi) is 3.87. The molecule has 4 rings (SSSR count). The molecule has 0 bridgehead atoms. The van der Waals surface area contributed by atoms with Crippen molar-refractivity contribution < 1.29 is 4.21 Å². The number of anilines is 1. The maximum absolute atomic E-state index is 11.6. The standard InChI is InChI=1S/C17H17N3OS2/c1-12-18-16(20-7-9-23(21)10-8-20)14-11-15(22-17(14)19-12)13-5-3-2-4-6-13/h2-6,11H,7-10H2,1H3. The van der Waals surface area contributed by atoms with Gasteiger partial charge in [0, 0.05) is 40.3 Å². The van der Waals surface area contributed by atoms with E-state index in [0.29, 0.717) is 0 Å². The van der Waals surface area contributed by atoms with Crippen LogP contribution >= 0.6 is 11.3 Å². The van der Waals surface area contributed by atoms with Gasteiger partial charge in [-0.2, -0.15) is 0 Å². The van der Waals surface area contributed by atoms with Crippen LogP contribution in [0.3, 0.4) is 0 Å². The van der Waals surface area contributed by atoms with Crippen LogP contribution in [0, 0.1) is 6.92 Å². The molecule has 0 aliphatic carbocycles. The van der Waals surface area contributed by atoms with E-state index in [9.17, 15) is 4.21 Å². The third-order valence-corrected chi connectivity index (χ3v) is 6.37. The molecule has 0 radical (unpaired) electrons. The van der Waals surface area contributed by atoms with Crippen molar-refractivity contribution in [3.8, 4) is 10.4 Å². The van der Waals surface area contributed by atoms with Gasteiger partial charge in [0.05, 0.1) is 5.39 Å². The Morgan fingerprint density at radius 1 is 1.13 bits per heavy atom. The van der Waals surface area contributed by atoms with Crippen molar-refractivity contribution in [1.82, 2.24) is 9.97 Å². The van der Waals surface area contributed by atoms with E-state index in [0.717, 1.165) is 46.5 Å². The van der Waals surface area contributed by atoms with Crippen molar-refractivity contribution in [1.29, 1.82) is 0 Å². The van der Waals surface area contributed by atoms with Gasteiger partial charge in [0.2, 0.25) is 0 Å². The maximum Gasteiger partial charge on any atom is 0.141 e. The molecule has 2 aromatic heterocycles. The summed E-state index contributed by atoms with van der Waals surface area (Å²) in [6, 6.07) is 12.6. The molecule has 1 aliphatic heterocycles. The minimum absolute atomic E-state index is 0.681. The number of hydrogen-bond acceptors (Lipinski definition) is 5. The van der Waals surface area contributed by atoms with Crippen molar-refractivity contribution in [2.24, 2.45) is 0 Å². The predicted molar refractivity (Wildman–Crippen MR) is 97.7 cm³/mol. The molecule has 0 amide bonds. The second-order valence-electron chi connectivity index (χ2n) is 5.63. The molecule has 0 N–H and O–H groups in total. The van der Waals surface area contributed by atoms with E-state index < -0.39 is 10.8 Å². The van der Waals surface area contributed by atoms with Gasteiger partial charge in [-0.1, -0.05) is 30.3 Å². The van der Waals surface area contributed by atoms with Gasteiger partial charge in [0.15, 0.2) is 0 Å². The number of nitrogens with zero attached hydrogens (tertiary/aromatic N) is 3. The van der Waals surface area contributed by atoms with Gasteiger partial charge in [0.25, 0.3) is 0 Å². The molecule has 0 spiro atoms. The monoisotopic (exact) mass is 343 g/mol. The summed E-state index contributed by atoms with van der Waals surface area (Å²) in [5.41, 5.74) is 1.21. The molecule has 23 heavy (non-hydrogen) atoms. The Morgan fingerprint density at radius 2 is 1.87 bits per heavy atom. The van der Waals surface area contributed by atoms with E-state index in [1.807, 2.05) is 13.0 Å². The number of rotatable bonds is 2. The Labute approximate surface area is 141 Å². The third-order valence-electron chi connectivity index (χ3n) is 4.02. The molecule has 3 heterocycles. The molecule has 0 saturated carbocycles. The predicted octanol–water partition coefficient (Wildman–Crippen LogP) is 3.24. The van der Waals surface area contributed by atoms with Gasteiger partial charge in [-0.25, -0.2) is 9.97 Å². The normalized spacial score (nSPS) is 16.1. The zero-order valence-electron chi connectivity index (χ0n) is 12.9. The van der Waals surface area contributed by atoms with Gasteiger partial charge < -0.3 is 4.90 Å². The molecule has 0 atom stereocenters. The summed E-state index contributed by atoms with van der Waals surface area (Å²) < 4.78 is 11.6. The minimum atomic E-state index is -0.681. The fourth-order valence-electron chi connectivity index (χ4n) is 2.85. The molecule has 3 aromatic rings. The number of hydrogen-bond donors (Lipinski definition) is 0. The van der Waals surface area contributed by atoms with Crippen LogP contribution in [0.2, 0.25) is 0 Å². The minimum Gasteiger partial charge on any atom is -0.354 e. The lowest BCUT2D eigenvalue weighted by atomic mass is 10.2. The lowest BCUT2D eigenvalue weighted by Gasteiger charge is -2.27. The van der Waals surface area contributed by atoms with E-state index in [-0.39, 0.29) is 0 Å². The Balaban J connectivity index is 1.81.